The third-order valence-electron chi connectivity index (χ3n) is 5.45. The highest BCUT2D eigenvalue weighted by Gasteiger charge is 2.47. The molecule has 0 unspecified atom stereocenters. The molecule has 1 aliphatic rings. The number of hydrogen-bond acceptors (Lipinski definition) is 5. The van der Waals surface area contributed by atoms with Crippen LogP contribution in [0.4, 0.5) is 10.5 Å². The molecular weight excluding hydrogens is 380 g/mol. The summed E-state index contributed by atoms with van der Waals surface area (Å²) in [4.78, 5) is 27.3. The fraction of sp³-hybridized carbons (Fsp3) is 0.348. The molecule has 30 heavy (non-hydrogen) atoms. The second-order valence-corrected chi connectivity index (χ2v) is 7.52. The number of benzene rings is 2. The molecule has 1 atom stereocenters. The number of nitrogens with zero attached hydrogens (tertiary/aromatic N) is 3. The van der Waals surface area contributed by atoms with Crippen LogP contribution in [0, 0.1) is 0 Å². The lowest BCUT2D eigenvalue weighted by Crippen LogP contribution is -2.44. The Kier molecular flexibility index (Phi) is 6.40. The van der Waals surface area contributed by atoms with E-state index in [9.17, 15) is 14.7 Å². The average Bonchev–Trinajstić information content (AvgIpc) is 2.96. The Labute approximate surface area is 177 Å². The van der Waals surface area contributed by atoms with Gasteiger partial charge in [0.2, 0.25) is 0 Å². The van der Waals surface area contributed by atoms with Crippen LogP contribution in [-0.4, -0.2) is 46.9 Å². The number of hydrogen-bond donors (Lipinski definition) is 2. The maximum Gasteiger partial charge on any atom is 0.346 e. The molecule has 0 aliphatic carbocycles. The first-order chi connectivity index (χ1) is 14.4. The fourth-order valence-corrected chi connectivity index (χ4v) is 3.53. The molecule has 0 radical (unpaired) electrons. The normalized spacial score (nSPS) is 18.8. The lowest BCUT2D eigenvalue weighted by atomic mass is 9.93. The Bertz CT molecular complexity index is 941. The summed E-state index contributed by atoms with van der Waals surface area (Å²) in [6, 6.07) is 14.5. The zero-order valence-electron chi connectivity index (χ0n) is 17.6. The minimum atomic E-state index is -1.01. The van der Waals surface area contributed by atoms with Gasteiger partial charge in [-0.2, -0.15) is 5.10 Å². The van der Waals surface area contributed by atoms with Gasteiger partial charge in [0.1, 0.15) is 11.3 Å². The van der Waals surface area contributed by atoms with Crippen LogP contribution in [0.3, 0.4) is 0 Å². The van der Waals surface area contributed by atoms with Crippen molar-refractivity contribution >= 4 is 23.8 Å². The van der Waals surface area contributed by atoms with E-state index in [4.69, 9.17) is 0 Å². The number of aryl methyl sites for hydroxylation is 1. The Balaban J connectivity index is 1.71. The molecule has 0 bridgehead atoms. The van der Waals surface area contributed by atoms with Crippen molar-refractivity contribution in [3.05, 3.63) is 59.7 Å². The number of anilines is 1. The summed E-state index contributed by atoms with van der Waals surface area (Å²) in [5, 5.41) is 18.0. The average molecular weight is 409 g/mol. The first kappa shape index (κ1) is 21.4. The van der Waals surface area contributed by atoms with Crippen LogP contribution < -0.4 is 10.2 Å². The number of hydrazone groups is 1. The summed E-state index contributed by atoms with van der Waals surface area (Å²) < 4.78 is 0. The van der Waals surface area contributed by atoms with Crippen LogP contribution in [0.25, 0.3) is 0 Å². The maximum absolute atomic E-state index is 12.8. The minimum absolute atomic E-state index is 0.0436. The molecule has 7 nitrogen and oxygen atoms in total. The molecule has 0 saturated carbocycles. The number of urea groups is 1. The SMILES string of the molecule is CCN(CC)c1ccc(/C=N/N2C(=O)N[C@@](C)(CCc3ccccc3)C2=O)c(O)c1. The van der Waals surface area contributed by atoms with E-state index in [0.29, 0.717) is 18.4 Å². The Morgan fingerprint density at radius 2 is 1.83 bits per heavy atom. The van der Waals surface area contributed by atoms with Crippen LogP contribution in [0.15, 0.2) is 53.6 Å². The number of imide groups is 1. The second kappa shape index (κ2) is 8.98. The Morgan fingerprint density at radius 1 is 1.13 bits per heavy atom. The Morgan fingerprint density at radius 3 is 2.47 bits per heavy atom. The van der Waals surface area contributed by atoms with E-state index >= 15 is 0 Å². The molecule has 1 heterocycles. The lowest BCUT2D eigenvalue weighted by molar-refractivity contribution is -0.130. The topological polar surface area (TPSA) is 85.2 Å². The van der Waals surface area contributed by atoms with Crippen molar-refractivity contribution in [2.45, 2.75) is 39.2 Å². The van der Waals surface area contributed by atoms with E-state index in [-0.39, 0.29) is 5.75 Å². The van der Waals surface area contributed by atoms with Crippen molar-refractivity contribution in [3.63, 3.8) is 0 Å². The van der Waals surface area contributed by atoms with E-state index < -0.39 is 17.5 Å². The second-order valence-electron chi connectivity index (χ2n) is 7.52. The number of aromatic hydroxyl groups is 1. The summed E-state index contributed by atoms with van der Waals surface area (Å²) >= 11 is 0. The molecule has 3 amide bonds. The predicted molar refractivity (Wildman–Crippen MR) is 118 cm³/mol. The van der Waals surface area contributed by atoms with Crippen LogP contribution in [0.5, 0.6) is 5.75 Å². The van der Waals surface area contributed by atoms with Gasteiger partial charge in [0.05, 0.1) is 6.21 Å². The number of phenols is 1. The predicted octanol–water partition coefficient (Wildman–Crippen LogP) is 3.52. The van der Waals surface area contributed by atoms with Gasteiger partial charge in [0, 0.05) is 30.4 Å². The first-order valence-electron chi connectivity index (χ1n) is 10.2. The summed E-state index contributed by atoms with van der Waals surface area (Å²) in [6.07, 6.45) is 2.47. The van der Waals surface area contributed by atoms with Crippen LogP contribution in [0.2, 0.25) is 0 Å². The Hall–Kier alpha value is -3.35. The highest BCUT2D eigenvalue weighted by Crippen LogP contribution is 2.26. The molecule has 1 saturated heterocycles. The van der Waals surface area contributed by atoms with Gasteiger partial charge in [0.15, 0.2) is 0 Å². The van der Waals surface area contributed by atoms with Crippen molar-refractivity contribution in [2.24, 2.45) is 5.10 Å². The molecule has 2 aromatic rings. The first-order valence-corrected chi connectivity index (χ1v) is 10.2. The van der Waals surface area contributed by atoms with Gasteiger partial charge < -0.3 is 15.3 Å². The third kappa shape index (κ3) is 4.45. The molecule has 0 aromatic heterocycles. The molecule has 3 rings (SSSR count). The van der Waals surface area contributed by atoms with Crippen LogP contribution in [-0.2, 0) is 11.2 Å². The molecule has 158 valence electrons. The minimum Gasteiger partial charge on any atom is -0.507 e. The molecule has 7 heteroatoms. The van der Waals surface area contributed by atoms with Crippen molar-refractivity contribution in [1.29, 1.82) is 0 Å². The van der Waals surface area contributed by atoms with Crippen LogP contribution in [0.1, 0.15) is 38.3 Å². The summed E-state index contributed by atoms with van der Waals surface area (Å²) in [7, 11) is 0. The number of phenolic OH excluding ortho intramolecular Hbond substituents is 1. The number of carbonyl (C=O) groups excluding carboxylic acids is 2. The standard InChI is InChI=1S/C23H28N4O3/c1-4-26(5-2)19-12-11-18(20(28)15-19)16-24-27-21(29)23(3,25-22(27)30)14-13-17-9-7-6-8-10-17/h6-12,15-16,28H,4-5,13-14H2,1-3H3,(H,25,30)/b24-16+/t23-/m0/s1. The van der Waals surface area contributed by atoms with Gasteiger partial charge in [-0.1, -0.05) is 30.3 Å². The van der Waals surface area contributed by atoms with Gasteiger partial charge >= 0.3 is 6.03 Å². The lowest BCUT2D eigenvalue weighted by Gasteiger charge is -2.21. The largest absolute Gasteiger partial charge is 0.507 e. The molecule has 1 fully saturated rings. The van der Waals surface area contributed by atoms with E-state index in [1.807, 2.05) is 50.2 Å². The highest BCUT2D eigenvalue weighted by atomic mass is 16.3. The summed E-state index contributed by atoms with van der Waals surface area (Å²) in [6.45, 7) is 7.45. The van der Waals surface area contributed by atoms with Gasteiger partial charge in [-0.3, -0.25) is 4.79 Å². The van der Waals surface area contributed by atoms with Gasteiger partial charge in [-0.25, -0.2) is 4.79 Å². The van der Waals surface area contributed by atoms with Gasteiger partial charge in [-0.15, -0.1) is 5.01 Å². The number of rotatable bonds is 8. The molecule has 0 spiro atoms. The smallest absolute Gasteiger partial charge is 0.346 e. The van der Waals surface area contributed by atoms with E-state index in [1.165, 1.54) is 6.21 Å². The monoisotopic (exact) mass is 408 g/mol. The quantitative estimate of drug-likeness (QED) is 0.517. The number of carbonyl (C=O) groups is 2. The third-order valence-corrected chi connectivity index (χ3v) is 5.45. The summed E-state index contributed by atoms with van der Waals surface area (Å²) in [5.74, 6) is -0.360. The van der Waals surface area contributed by atoms with Crippen LogP contribution >= 0.6 is 0 Å². The van der Waals surface area contributed by atoms with E-state index in [0.717, 1.165) is 29.3 Å². The number of nitrogens with one attached hydrogen (secondary N) is 1. The fourth-order valence-electron chi connectivity index (χ4n) is 3.53. The van der Waals surface area contributed by atoms with Crippen molar-refractivity contribution in [2.75, 3.05) is 18.0 Å². The summed E-state index contributed by atoms with van der Waals surface area (Å²) in [5.41, 5.74) is 1.42. The van der Waals surface area contributed by atoms with Crippen molar-refractivity contribution in [1.82, 2.24) is 10.3 Å². The van der Waals surface area contributed by atoms with Gasteiger partial charge in [0.25, 0.3) is 5.91 Å². The highest BCUT2D eigenvalue weighted by molar-refractivity contribution is 6.07. The zero-order valence-corrected chi connectivity index (χ0v) is 17.6. The van der Waals surface area contributed by atoms with Crippen molar-refractivity contribution in [3.8, 4) is 5.75 Å². The van der Waals surface area contributed by atoms with E-state index in [2.05, 4.69) is 15.3 Å². The van der Waals surface area contributed by atoms with Crippen molar-refractivity contribution < 1.29 is 14.7 Å². The van der Waals surface area contributed by atoms with Gasteiger partial charge in [-0.05, 0) is 51.3 Å². The molecule has 1 aliphatic heterocycles. The maximum atomic E-state index is 12.8. The molecular formula is C23H28N4O3. The molecule has 2 N–H and O–H groups in total. The number of amides is 3. The zero-order chi connectivity index (χ0) is 21.7. The molecule has 2 aromatic carbocycles. The van der Waals surface area contributed by atoms with E-state index in [1.54, 1.807) is 19.1 Å².